The number of aryl methyl sites for hydroxylation is 1. The van der Waals surface area contributed by atoms with Gasteiger partial charge in [-0.25, -0.2) is 4.68 Å². The molecule has 3 heterocycles. The molecule has 1 N–H and O–H groups in total. The van der Waals surface area contributed by atoms with E-state index in [2.05, 4.69) is 15.3 Å². The van der Waals surface area contributed by atoms with Gasteiger partial charge in [0.1, 0.15) is 0 Å². The normalized spacial score (nSPS) is 24.0. The molecule has 0 saturated carbocycles. The molecule has 2 aliphatic rings. The third-order valence-electron chi connectivity index (χ3n) is 5.34. The maximum absolute atomic E-state index is 12.8. The van der Waals surface area contributed by atoms with E-state index in [-0.39, 0.29) is 17.5 Å². The summed E-state index contributed by atoms with van der Waals surface area (Å²) in [7, 11) is 1.59. The van der Waals surface area contributed by atoms with Gasteiger partial charge >= 0.3 is 0 Å². The van der Waals surface area contributed by atoms with Gasteiger partial charge in [-0.05, 0) is 31.9 Å². The first-order chi connectivity index (χ1) is 11.6. The summed E-state index contributed by atoms with van der Waals surface area (Å²) in [4.78, 5) is 27.5. The van der Waals surface area contributed by atoms with Crippen LogP contribution in [-0.2, 0) is 7.05 Å². The van der Waals surface area contributed by atoms with Crippen LogP contribution in [0.2, 0.25) is 0 Å². The van der Waals surface area contributed by atoms with E-state index in [4.69, 9.17) is 0 Å². The van der Waals surface area contributed by atoms with Crippen LogP contribution >= 0.6 is 0 Å². The smallest absolute Gasteiger partial charge is 0.274 e. The molecule has 0 bridgehead atoms. The lowest BCUT2D eigenvalue weighted by Crippen LogP contribution is -2.47. The van der Waals surface area contributed by atoms with Gasteiger partial charge < -0.3 is 5.32 Å². The summed E-state index contributed by atoms with van der Waals surface area (Å²) in [6.45, 7) is 2.19. The summed E-state index contributed by atoms with van der Waals surface area (Å²) in [5, 5.41) is 8.56. The zero-order chi connectivity index (χ0) is 16.7. The Hall–Kier alpha value is -2.21. The summed E-state index contributed by atoms with van der Waals surface area (Å²) in [6, 6.07) is 7.80. The van der Waals surface area contributed by atoms with E-state index >= 15 is 0 Å². The molecular formula is C18H22N4O2. The maximum atomic E-state index is 12.8. The molecular weight excluding hydrogens is 304 g/mol. The molecule has 1 amide bonds. The van der Waals surface area contributed by atoms with Crippen molar-refractivity contribution < 1.29 is 4.79 Å². The Morgan fingerprint density at radius 3 is 2.79 bits per heavy atom. The average Bonchev–Trinajstić information content (AvgIpc) is 3.01. The molecule has 1 aromatic carbocycles. The van der Waals surface area contributed by atoms with E-state index in [1.165, 1.54) is 17.5 Å². The Kier molecular flexibility index (Phi) is 3.84. The van der Waals surface area contributed by atoms with Crippen molar-refractivity contribution in [1.29, 1.82) is 0 Å². The number of nitrogens with one attached hydrogen (secondary N) is 1. The SMILES string of the molecule is Cn1nc(C(=O)N[C@@H]2CCN3CCCC[C@@H]23)c2ccccc2c1=O. The largest absolute Gasteiger partial charge is 0.346 e. The summed E-state index contributed by atoms with van der Waals surface area (Å²) >= 11 is 0. The third-order valence-corrected chi connectivity index (χ3v) is 5.34. The van der Waals surface area contributed by atoms with Crippen molar-refractivity contribution >= 4 is 16.7 Å². The van der Waals surface area contributed by atoms with Crippen molar-refractivity contribution in [2.75, 3.05) is 13.1 Å². The Morgan fingerprint density at radius 2 is 1.96 bits per heavy atom. The average molecular weight is 326 g/mol. The van der Waals surface area contributed by atoms with Crippen LogP contribution in [0.5, 0.6) is 0 Å². The van der Waals surface area contributed by atoms with Crippen molar-refractivity contribution in [3.63, 3.8) is 0 Å². The third kappa shape index (κ3) is 2.51. The minimum Gasteiger partial charge on any atom is -0.346 e. The van der Waals surface area contributed by atoms with E-state index in [0.29, 0.717) is 22.5 Å². The first-order valence-corrected chi connectivity index (χ1v) is 8.66. The zero-order valence-electron chi connectivity index (χ0n) is 13.9. The van der Waals surface area contributed by atoms with Crippen LogP contribution < -0.4 is 10.9 Å². The zero-order valence-corrected chi connectivity index (χ0v) is 13.9. The van der Waals surface area contributed by atoms with Crippen LogP contribution in [0.15, 0.2) is 29.1 Å². The van der Waals surface area contributed by atoms with E-state index in [1.54, 1.807) is 19.2 Å². The fourth-order valence-electron chi connectivity index (χ4n) is 4.12. The topological polar surface area (TPSA) is 67.2 Å². The van der Waals surface area contributed by atoms with E-state index < -0.39 is 0 Å². The van der Waals surface area contributed by atoms with Gasteiger partial charge in [-0.2, -0.15) is 5.10 Å². The fourth-order valence-corrected chi connectivity index (χ4v) is 4.12. The van der Waals surface area contributed by atoms with E-state index in [9.17, 15) is 9.59 Å². The number of benzene rings is 1. The van der Waals surface area contributed by atoms with E-state index in [1.807, 2.05) is 12.1 Å². The molecule has 4 rings (SSSR count). The van der Waals surface area contributed by atoms with Gasteiger partial charge in [0.05, 0.1) is 5.39 Å². The standard InChI is InChI=1S/C18H22N4O2/c1-21-18(24)13-7-3-2-6-12(13)16(20-21)17(23)19-14-9-11-22-10-5-4-8-15(14)22/h2-3,6-7,14-15H,4-5,8-11H2,1H3,(H,19,23)/t14-,15+/m1/s1. The lowest BCUT2D eigenvalue weighted by Gasteiger charge is -2.32. The van der Waals surface area contributed by atoms with Crippen LogP contribution in [0.1, 0.15) is 36.2 Å². The molecule has 2 fully saturated rings. The number of nitrogens with zero attached hydrogens (tertiary/aromatic N) is 3. The Labute approximate surface area is 140 Å². The number of hydrogen-bond acceptors (Lipinski definition) is 4. The van der Waals surface area contributed by atoms with Gasteiger partial charge in [-0.1, -0.05) is 24.6 Å². The molecule has 0 radical (unpaired) electrons. The Balaban J connectivity index is 1.64. The van der Waals surface area contributed by atoms with Gasteiger partial charge in [-0.3, -0.25) is 14.5 Å². The second-order valence-electron chi connectivity index (χ2n) is 6.79. The van der Waals surface area contributed by atoms with Gasteiger partial charge in [-0.15, -0.1) is 0 Å². The lowest BCUT2D eigenvalue weighted by atomic mass is 9.99. The number of aromatic nitrogens is 2. The maximum Gasteiger partial charge on any atom is 0.274 e. The first-order valence-electron chi connectivity index (χ1n) is 8.66. The van der Waals surface area contributed by atoms with Crippen molar-refractivity contribution in [3.8, 4) is 0 Å². The highest BCUT2D eigenvalue weighted by Crippen LogP contribution is 2.27. The predicted octanol–water partition coefficient (Wildman–Crippen LogP) is 1.29. The molecule has 24 heavy (non-hydrogen) atoms. The highest BCUT2D eigenvalue weighted by molar-refractivity contribution is 6.04. The highest BCUT2D eigenvalue weighted by Gasteiger charge is 2.36. The number of rotatable bonds is 2. The second-order valence-corrected chi connectivity index (χ2v) is 6.79. The number of carbonyl (C=O) groups is 1. The number of hydrogen-bond donors (Lipinski definition) is 1. The number of amides is 1. The molecule has 6 nitrogen and oxygen atoms in total. The molecule has 0 unspecified atom stereocenters. The predicted molar refractivity (Wildman–Crippen MR) is 92.1 cm³/mol. The van der Waals surface area contributed by atoms with Crippen molar-refractivity contribution in [3.05, 3.63) is 40.3 Å². The van der Waals surface area contributed by atoms with Crippen molar-refractivity contribution in [2.45, 2.75) is 37.8 Å². The highest BCUT2D eigenvalue weighted by atomic mass is 16.2. The molecule has 1 aromatic heterocycles. The summed E-state index contributed by atoms with van der Waals surface area (Å²) < 4.78 is 1.25. The van der Waals surface area contributed by atoms with Gasteiger partial charge in [0.2, 0.25) is 0 Å². The molecule has 2 aromatic rings. The van der Waals surface area contributed by atoms with Crippen LogP contribution in [0.3, 0.4) is 0 Å². The molecule has 2 atom stereocenters. The van der Waals surface area contributed by atoms with Gasteiger partial charge in [0, 0.05) is 31.1 Å². The van der Waals surface area contributed by atoms with Gasteiger partial charge in [0.25, 0.3) is 11.5 Å². The summed E-state index contributed by atoms with van der Waals surface area (Å²) in [5.74, 6) is -0.181. The number of carbonyl (C=O) groups excluding carboxylic acids is 1. The van der Waals surface area contributed by atoms with Crippen LogP contribution in [0.4, 0.5) is 0 Å². The molecule has 2 aliphatic heterocycles. The quantitative estimate of drug-likeness (QED) is 0.903. The minimum atomic E-state index is -0.181. The molecule has 2 saturated heterocycles. The van der Waals surface area contributed by atoms with Crippen LogP contribution in [-0.4, -0.2) is 45.8 Å². The summed E-state index contributed by atoms with van der Waals surface area (Å²) in [6.07, 6.45) is 4.62. The molecule has 0 aliphatic carbocycles. The second kappa shape index (κ2) is 6.02. The summed E-state index contributed by atoms with van der Waals surface area (Å²) in [5.41, 5.74) is 0.156. The van der Waals surface area contributed by atoms with E-state index in [0.717, 1.165) is 25.9 Å². The molecule has 6 heteroatoms. The van der Waals surface area contributed by atoms with Crippen LogP contribution in [0.25, 0.3) is 10.8 Å². The van der Waals surface area contributed by atoms with Crippen LogP contribution in [0, 0.1) is 0 Å². The minimum absolute atomic E-state index is 0.176. The Morgan fingerprint density at radius 1 is 1.17 bits per heavy atom. The van der Waals surface area contributed by atoms with Crippen molar-refractivity contribution in [1.82, 2.24) is 20.0 Å². The molecule has 0 spiro atoms. The lowest BCUT2D eigenvalue weighted by molar-refractivity contribution is 0.0910. The molecule has 126 valence electrons. The Bertz CT molecular complexity index is 845. The van der Waals surface area contributed by atoms with Crippen molar-refractivity contribution in [2.24, 2.45) is 7.05 Å². The fraction of sp³-hybridized carbons (Fsp3) is 0.500. The monoisotopic (exact) mass is 326 g/mol. The number of piperidine rings is 1. The van der Waals surface area contributed by atoms with Gasteiger partial charge in [0.15, 0.2) is 5.69 Å². The number of fused-ring (bicyclic) bond motifs is 2. The first kappa shape index (κ1) is 15.3.